The Balaban J connectivity index is 1.57. The van der Waals surface area contributed by atoms with Gasteiger partial charge < -0.3 is 5.32 Å². The maximum atomic E-state index is 12.3. The van der Waals surface area contributed by atoms with Crippen LogP contribution in [0.2, 0.25) is 0 Å². The van der Waals surface area contributed by atoms with Gasteiger partial charge in [-0.3, -0.25) is 14.6 Å². The van der Waals surface area contributed by atoms with E-state index >= 15 is 0 Å². The number of aromatic nitrogens is 1. The Morgan fingerprint density at radius 3 is 2.44 bits per heavy atom. The van der Waals surface area contributed by atoms with Gasteiger partial charge in [0.1, 0.15) is 5.69 Å². The molecular weight excluding hydrogens is 340 g/mol. The third kappa shape index (κ3) is 5.23. The lowest BCUT2D eigenvalue weighted by atomic mass is 9.88. The molecule has 1 heterocycles. The summed E-state index contributed by atoms with van der Waals surface area (Å²) in [7, 11) is 0. The van der Waals surface area contributed by atoms with Gasteiger partial charge in [-0.15, -0.1) is 0 Å². The van der Waals surface area contributed by atoms with Gasteiger partial charge in [-0.1, -0.05) is 37.5 Å². The summed E-state index contributed by atoms with van der Waals surface area (Å²) in [6.07, 6.45) is 7.02. The SMILES string of the molecule is C/C(=N\NC(=O)c1ccccn1)c1ccc(NC(=O)C2CCCCC2)cc1. The van der Waals surface area contributed by atoms with Crippen LogP contribution in [0.1, 0.15) is 55.1 Å². The van der Waals surface area contributed by atoms with E-state index in [9.17, 15) is 9.59 Å². The van der Waals surface area contributed by atoms with Crippen LogP contribution in [0.5, 0.6) is 0 Å². The first-order chi connectivity index (χ1) is 13.1. The Kier molecular flexibility index (Phi) is 6.30. The first-order valence-electron chi connectivity index (χ1n) is 9.30. The van der Waals surface area contributed by atoms with Crippen LogP contribution in [-0.2, 0) is 4.79 Å². The second-order valence-electron chi connectivity index (χ2n) is 6.75. The lowest BCUT2D eigenvalue weighted by molar-refractivity contribution is -0.120. The third-order valence-corrected chi connectivity index (χ3v) is 4.77. The van der Waals surface area contributed by atoms with Gasteiger partial charge in [-0.2, -0.15) is 5.10 Å². The number of nitrogens with zero attached hydrogens (tertiary/aromatic N) is 2. The highest BCUT2D eigenvalue weighted by Crippen LogP contribution is 2.25. The average Bonchev–Trinajstić information content (AvgIpc) is 2.73. The van der Waals surface area contributed by atoms with Gasteiger partial charge >= 0.3 is 0 Å². The zero-order chi connectivity index (χ0) is 19.1. The van der Waals surface area contributed by atoms with Crippen molar-refractivity contribution in [3.63, 3.8) is 0 Å². The number of carbonyl (C=O) groups excluding carboxylic acids is 2. The lowest BCUT2D eigenvalue weighted by Crippen LogP contribution is -2.24. The van der Waals surface area contributed by atoms with Gasteiger partial charge in [0.05, 0.1) is 5.71 Å². The quantitative estimate of drug-likeness (QED) is 0.626. The van der Waals surface area contributed by atoms with Crippen LogP contribution in [0, 0.1) is 5.92 Å². The van der Waals surface area contributed by atoms with E-state index in [1.165, 1.54) is 6.42 Å². The molecule has 6 heteroatoms. The number of benzene rings is 1. The number of pyridine rings is 1. The molecule has 2 N–H and O–H groups in total. The average molecular weight is 364 g/mol. The molecule has 1 aromatic heterocycles. The van der Waals surface area contributed by atoms with Crippen molar-refractivity contribution in [2.24, 2.45) is 11.0 Å². The van der Waals surface area contributed by atoms with E-state index in [2.05, 4.69) is 20.8 Å². The van der Waals surface area contributed by atoms with E-state index in [0.717, 1.165) is 36.9 Å². The summed E-state index contributed by atoms with van der Waals surface area (Å²) in [5.74, 6) is -0.120. The Labute approximate surface area is 159 Å². The minimum atomic E-state index is -0.355. The van der Waals surface area contributed by atoms with E-state index in [-0.39, 0.29) is 17.7 Å². The van der Waals surface area contributed by atoms with Gasteiger partial charge in [0.2, 0.25) is 5.91 Å². The highest BCUT2D eigenvalue weighted by atomic mass is 16.2. The van der Waals surface area contributed by atoms with Gasteiger partial charge in [0.25, 0.3) is 5.91 Å². The number of hydrogen-bond donors (Lipinski definition) is 2. The lowest BCUT2D eigenvalue weighted by Gasteiger charge is -2.20. The topological polar surface area (TPSA) is 83.4 Å². The highest BCUT2D eigenvalue weighted by Gasteiger charge is 2.20. The second-order valence-corrected chi connectivity index (χ2v) is 6.75. The number of anilines is 1. The third-order valence-electron chi connectivity index (χ3n) is 4.77. The molecule has 0 unspecified atom stereocenters. The Hall–Kier alpha value is -3.02. The maximum absolute atomic E-state index is 12.3. The molecule has 0 aliphatic heterocycles. The van der Waals surface area contributed by atoms with Gasteiger partial charge in [0.15, 0.2) is 0 Å². The van der Waals surface area contributed by atoms with E-state index in [0.29, 0.717) is 11.4 Å². The number of amides is 2. The van der Waals surface area contributed by atoms with Gasteiger partial charge in [0, 0.05) is 17.8 Å². The molecule has 1 aliphatic rings. The number of nitrogens with one attached hydrogen (secondary N) is 2. The molecule has 1 fully saturated rings. The summed E-state index contributed by atoms with van der Waals surface area (Å²) in [6.45, 7) is 1.81. The first-order valence-corrected chi connectivity index (χ1v) is 9.30. The molecule has 140 valence electrons. The van der Waals surface area contributed by atoms with Crippen molar-refractivity contribution in [3.8, 4) is 0 Å². The molecule has 0 atom stereocenters. The Morgan fingerprint density at radius 1 is 1.04 bits per heavy atom. The van der Waals surface area contributed by atoms with Gasteiger partial charge in [-0.25, -0.2) is 5.43 Å². The minimum absolute atomic E-state index is 0.107. The maximum Gasteiger partial charge on any atom is 0.289 e. The predicted octanol–water partition coefficient (Wildman–Crippen LogP) is 3.75. The van der Waals surface area contributed by atoms with Crippen molar-refractivity contribution in [2.45, 2.75) is 39.0 Å². The smallest absolute Gasteiger partial charge is 0.289 e. The van der Waals surface area contributed by atoms with Crippen molar-refractivity contribution >= 4 is 23.2 Å². The summed E-state index contributed by atoms with van der Waals surface area (Å²) in [5, 5.41) is 7.12. The van der Waals surface area contributed by atoms with Crippen LogP contribution >= 0.6 is 0 Å². The summed E-state index contributed by atoms with van der Waals surface area (Å²) >= 11 is 0. The van der Waals surface area contributed by atoms with E-state index in [1.807, 2.05) is 31.2 Å². The van der Waals surface area contributed by atoms with Crippen LogP contribution in [-0.4, -0.2) is 22.5 Å². The van der Waals surface area contributed by atoms with E-state index in [4.69, 9.17) is 0 Å². The largest absolute Gasteiger partial charge is 0.326 e. The van der Waals surface area contributed by atoms with Crippen molar-refractivity contribution < 1.29 is 9.59 Å². The molecule has 6 nitrogen and oxygen atoms in total. The molecule has 0 saturated heterocycles. The second kappa shape index (κ2) is 9.07. The molecule has 0 radical (unpaired) electrons. The summed E-state index contributed by atoms with van der Waals surface area (Å²) in [4.78, 5) is 28.3. The molecule has 2 amide bonds. The van der Waals surface area contributed by atoms with Crippen LogP contribution < -0.4 is 10.7 Å². The van der Waals surface area contributed by atoms with Crippen LogP contribution in [0.25, 0.3) is 0 Å². The van der Waals surface area contributed by atoms with Crippen molar-refractivity contribution in [1.82, 2.24) is 10.4 Å². The standard InChI is InChI=1S/C21H24N4O2/c1-15(24-25-21(27)19-9-5-6-14-22-19)16-10-12-18(13-11-16)23-20(26)17-7-3-2-4-8-17/h5-6,9-14,17H,2-4,7-8H2,1H3,(H,23,26)(H,25,27)/b24-15+. The van der Waals surface area contributed by atoms with Crippen molar-refractivity contribution in [3.05, 3.63) is 59.9 Å². The number of hydrogen-bond acceptors (Lipinski definition) is 4. The van der Waals surface area contributed by atoms with E-state index in [1.54, 1.807) is 24.4 Å². The Morgan fingerprint density at radius 2 is 1.78 bits per heavy atom. The summed E-state index contributed by atoms with van der Waals surface area (Å²) < 4.78 is 0. The predicted molar refractivity (Wildman–Crippen MR) is 106 cm³/mol. The summed E-state index contributed by atoms with van der Waals surface area (Å²) in [6, 6.07) is 12.6. The molecule has 1 saturated carbocycles. The molecule has 27 heavy (non-hydrogen) atoms. The number of carbonyl (C=O) groups is 2. The van der Waals surface area contributed by atoms with Crippen LogP contribution in [0.15, 0.2) is 53.8 Å². The fourth-order valence-corrected chi connectivity index (χ4v) is 3.16. The van der Waals surface area contributed by atoms with Crippen molar-refractivity contribution in [2.75, 3.05) is 5.32 Å². The fourth-order valence-electron chi connectivity index (χ4n) is 3.16. The zero-order valence-corrected chi connectivity index (χ0v) is 15.4. The highest BCUT2D eigenvalue weighted by molar-refractivity contribution is 6.01. The molecule has 1 aromatic carbocycles. The molecule has 0 bridgehead atoms. The zero-order valence-electron chi connectivity index (χ0n) is 15.4. The molecule has 3 rings (SSSR count). The molecular formula is C21H24N4O2. The van der Waals surface area contributed by atoms with Crippen molar-refractivity contribution in [1.29, 1.82) is 0 Å². The Bertz CT molecular complexity index is 810. The van der Waals surface area contributed by atoms with Gasteiger partial charge in [-0.05, 0) is 49.6 Å². The molecule has 0 spiro atoms. The fraction of sp³-hybridized carbons (Fsp3) is 0.333. The summed E-state index contributed by atoms with van der Waals surface area (Å²) in [5.41, 5.74) is 5.13. The molecule has 1 aliphatic carbocycles. The minimum Gasteiger partial charge on any atom is -0.326 e. The van der Waals surface area contributed by atoms with Crippen LogP contribution in [0.3, 0.4) is 0 Å². The number of hydrazone groups is 1. The van der Waals surface area contributed by atoms with Crippen LogP contribution in [0.4, 0.5) is 5.69 Å². The monoisotopic (exact) mass is 364 g/mol. The normalized spacial score (nSPS) is 15.2. The van der Waals surface area contributed by atoms with E-state index < -0.39 is 0 Å². The molecule has 2 aromatic rings. The number of rotatable bonds is 5. The first kappa shape index (κ1) is 18.8.